The molecule has 104 valence electrons. The van der Waals surface area contributed by atoms with E-state index < -0.39 is 12.0 Å². The van der Waals surface area contributed by atoms with Crippen molar-refractivity contribution in [2.24, 2.45) is 0 Å². The summed E-state index contributed by atoms with van der Waals surface area (Å²) < 4.78 is 0.796. The van der Waals surface area contributed by atoms with Gasteiger partial charge in [-0.3, -0.25) is 10.1 Å². The molecule has 0 aliphatic carbocycles. The fourth-order valence-corrected chi connectivity index (χ4v) is 2.49. The fraction of sp³-hybridized carbons (Fsp3) is 0.133. The van der Waals surface area contributed by atoms with Gasteiger partial charge in [-0.15, -0.1) is 0 Å². The molecule has 0 aliphatic rings. The first-order valence-corrected chi connectivity index (χ1v) is 7.20. The molecule has 1 unspecified atom stereocenters. The van der Waals surface area contributed by atoms with Crippen LogP contribution in [0.25, 0.3) is 0 Å². The third-order valence-corrected chi connectivity index (χ3v) is 3.71. The van der Waals surface area contributed by atoms with Crippen LogP contribution in [-0.4, -0.2) is 11.1 Å². The summed E-state index contributed by atoms with van der Waals surface area (Å²) in [6.07, 6.45) is 0. The van der Waals surface area contributed by atoms with Crippen LogP contribution in [-0.2, 0) is 11.3 Å². The molecule has 0 amide bonds. The molecule has 0 aromatic heterocycles. The molecule has 0 bridgehead atoms. The Hall–Kier alpha value is -1.36. The van der Waals surface area contributed by atoms with E-state index in [1.54, 1.807) is 18.2 Å². The van der Waals surface area contributed by atoms with Crippen molar-refractivity contribution in [3.8, 4) is 0 Å². The van der Waals surface area contributed by atoms with Gasteiger partial charge in [-0.1, -0.05) is 57.9 Å². The summed E-state index contributed by atoms with van der Waals surface area (Å²) in [4.78, 5) is 11.4. The smallest absolute Gasteiger partial charge is 0.325 e. The number of carboxylic acid groups (broad SMARTS) is 1. The standard InChI is InChI=1S/C15H13BrClNO2/c16-11-6-7-13(17)12(8-11)14(15(19)20)18-9-10-4-2-1-3-5-10/h1-8,14,18H,9H2,(H,19,20). The number of hydrogen-bond acceptors (Lipinski definition) is 2. The van der Waals surface area contributed by atoms with Crippen LogP contribution in [0.4, 0.5) is 0 Å². The van der Waals surface area contributed by atoms with Gasteiger partial charge in [0, 0.05) is 16.0 Å². The van der Waals surface area contributed by atoms with Crippen LogP contribution in [0.1, 0.15) is 17.2 Å². The monoisotopic (exact) mass is 353 g/mol. The van der Waals surface area contributed by atoms with Gasteiger partial charge in [0.1, 0.15) is 6.04 Å². The van der Waals surface area contributed by atoms with Crippen LogP contribution in [0.3, 0.4) is 0 Å². The average Bonchev–Trinajstić information content (AvgIpc) is 2.43. The van der Waals surface area contributed by atoms with Crippen molar-refractivity contribution in [2.75, 3.05) is 0 Å². The molecule has 0 saturated carbocycles. The molecular weight excluding hydrogens is 342 g/mol. The normalized spacial score (nSPS) is 12.1. The molecule has 2 N–H and O–H groups in total. The Morgan fingerprint density at radius 1 is 1.25 bits per heavy atom. The SMILES string of the molecule is O=C(O)C(NCc1ccccc1)c1cc(Br)ccc1Cl. The van der Waals surface area contributed by atoms with Crippen LogP contribution in [0.2, 0.25) is 5.02 Å². The highest BCUT2D eigenvalue weighted by Crippen LogP contribution is 2.27. The van der Waals surface area contributed by atoms with E-state index in [0.717, 1.165) is 10.0 Å². The van der Waals surface area contributed by atoms with Gasteiger partial charge in [-0.25, -0.2) is 0 Å². The molecule has 20 heavy (non-hydrogen) atoms. The summed E-state index contributed by atoms with van der Waals surface area (Å²) >= 11 is 9.42. The number of carbonyl (C=O) groups is 1. The van der Waals surface area contributed by atoms with Crippen molar-refractivity contribution >= 4 is 33.5 Å². The zero-order valence-corrected chi connectivity index (χ0v) is 12.9. The summed E-state index contributed by atoms with van der Waals surface area (Å²) in [6.45, 7) is 0.459. The first-order chi connectivity index (χ1) is 9.58. The maximum atomic E-state index is 11.4. The Labute approximate surface area is 130 Å². The van der Waals surface area contributed by atoms with Crippen LogP contribution in [0, 0.1) is 0 Å². The van der Waals surface area contributed by atoms with Crippen molar-refractivity contribution in [3.63, 3.8) is 0 Å². The highest BCUT2D eigenvalue weighted by Gasteiger charge is 2.22. The molecule has 0 heterocycles. The van der Waals surface area contributed by atoms with Crippen molar-refractivity contribution in [1.82, 2.24) is 5.32 Å². The lowest BCUT2D eigenvalue weighted by molar-refractivity contribution is -0.139. The molecular formula is C15H13BrClNO2. The van der Waals surface area contributed by atoms with E-state index in [1.807, 2.05) is 30.3 Å². The van der Waals surface area contributed by atoms with E-state index in [-0.39, 0.29) is 0 Å². The maximum absolute atomic E-state index is 11.4. The van der Waals surface area contributed by atoms with Gasteiger partial charge in [0.15, 0.2) is 0 Å². The predicted molar refractivity (Wildman–Crippen MR) is 82.8 cm³/mol. The Morgan fingerprint density at radius 2 is 1.95 bits per heavy atom. The third kappa shape index (κ3) is 3.82. The average molecular weight is 355 g/mol. The highest BCUT2D eigenvalue weighted by molar-refractivity contribution is 9.10. The lowest BCUT2D eigenvalue weighted by Crippen LogP contribution is -2.28. The van der Waals surface area contributed by atoms with Gasteiger partial charge in [0.2, 0.25) is 0 Å². The second-order valence-electron chi connectivity index (χ2n) is 4.30. The summed E-state index contributed by atoms with van der Waals surface area (Å²) in [7, 11) is 0. The van der Waals surface area contributed by atoms with Gasteiger partial charge in [0.05, 0.1) is 0 Å². The molecule has 0 aliphatic heterocycles. The van der Waals surface area contributed by atoms with Crippen molar-refractivity contribution in [1.29, 1.82) is 0 Å². The Balaban J connectivity index is 2.19. The van der Waals surface area contributed by atoms with Gasteiger partial charge in [-0.2, -0.15) is 0 Å². The number of carboxylic acids is 1. The minimum absolute atomic E-state index is 0.432. The lowest BCUT2D eigenvalue weighted by atomic mass is 10.1. The summed E-state index contributed by atoms with van der Waals surface area (Å²) in [5.74, 6) is -0.957. The maximum Gasteiger partial charge on any atom is 0.325 e. The lowest BCUT2D eigenvalue weighted by Gasteiger charge is -2.16. The van der Waals surface area contributed by atoms with E-state index in [0.29, 0.717) is 17.1 Å². The molecule has 0 saturated heterocycles. The van der Waals surface area contributed by atoms with Crippen molar-refractivity contribution in [2.45, 2.75) is 12.6 Å². The molecule has 1 atom stereocenters. The molecule has 0 spiro atoms. The van der Waals surface area contributed by atoms with Gasteiger partial charge in [-0.05, 0) is 29.3 Å². The van der Waals surface area contributed by atoms with Crippen molar-refractivity contribution < 1.29 is 9.90 Å². The Morgan fingerprint density at radius 3 is 2.60 bits per heavy atom. The summed E-state index contributed by atoms with van der Waals surface area (Å²) in [5, 5.41) is 12.8. The van der Waals surface area contributed by atoms with E-state index in [1.165, 1.54) is 0 Å². The van der Waals surface area contributed by atoms with Crippen LogP contribution >= 0.6 is 27.5 Å². The van der Waals surface area contributed by atoms with Gasteiger partial charge < -0.3 is 5.11 Å². The minimum Gasteiger partial charge on any atom is -0.480 e. The topological polar surface area (TPSA) is 49.3 Å². The van der Waals surface area contributed by atoms with Crippen LogP contribution in [0.15, 0.2) is 53.0 Å². The van der Waals surface area contributed by atoms with Crippen molar-refractivity contribution in [3.05, 3.63) is 69.2 Å². The van der Waals surface area contributed by atoms with Crippen LogP contribution in [0.5, 0.6) is 0 Å². The molecule has 2 aromatic rings. The zero-order valence-electron chi connectivity index (χ0n) is 10.5. The second kappa shape index (κ2) is 6.88. The van der Waals surface area contributed by atoms with E-state index in [2.05, 4.69) is 21.2 Å². The largest absolute Gasteiger partial charge is 0.480 e. The summed E-state index contributed by atoms with van der Waals surface area (Å²) in [5.41, 5.74) is 1.56. The molecule has 2 rings (SSSR count). The number of aliphatic carboxylic acids is 1. The van der Waals surface area contributed by atoms with Crippen LogP contribution < -0.4 is 5.32 Å². The predicted octanol–water partition coefficient (Wildman–Crippen LogP) is 4.02. The Kier molecular flexibility index (Phi) is 5.17. The van der Waals surface area contributed by atoms with E-state index in [4.69, 9.17) is 11.6 Å². The number of halogens is 2. The number of benzene rings is 2. The number of rotatable bonds is 5. The number of nitrogens with one attached hydrogen (secondary N) is 1. The second-order valence-corrected chi connectivity index (χ2v) is 5.63. The van der Waals surface area contributed by atoms with E-state index in [9.17, 15) is 9.90 Å². The third-order valence-electron chi connectivity index (χ3n) is 2.87. The molecule has 2 aromatic carbocycles. The van der Waals surface area contributed by atoms with Gasteiger partial charge in [0.25, 0.3) is 0 Å². The number of hydrogen-bond donors (Lipinski definition) is 2. The molecule has 5 heteroatoms. The first-order valence-electron chi connectivity index (χ1n) is 6.03. The minimum atomic E-state index is -0.957. The van der Waals surface area contributed by atoms with Gasteiger partial charge >= 0.3 is 5.97 Å². The first kappa shape index (κ1) is 15.0. The molecule has 0 fully saturated rings. The van der Waals surface area contributed by atoms with E-state index >= 15 is 0 Å². The highest BCUT2D eigenvalue weighted by atomic mass is 79.9. The summed E-state index contributed by atoms with van der Waals surface area (Å²) in [6, 6.07) is 14.0. The zero-order chi connectivity index (χ0) is 14.5. The molecule has 3 nitrogen and oxygen atoms in total. The quantitative estimate of drug-likeness (QED) is 0.852. The fourth-order valence-electron chi connectivity index (χ4n) is 1.88. The molecule has 0 radical (unpaired) electrons. The Bertz CT molecular complexity index is 604.